The molecule has 0 saturated carbocycles. The van der Waals surface area contributed by atoms with Crippen LogP contribution in [0.5, 0.6) is 0 Å². The second kappa shape index (κ2) is 5.82. The van der Waals surface area contributed by atoms with Crippen molar-refractivity contribution in [3.05, 3.63) is 33.6 Å². The van der Waals surface area contributed by atoms with E-state index in [1.807, 2.05) is 0 Å². The summed E-state index contributed by atoms with van der Waals surface area (Å²) < 4.78 is 5.25. The molecule has 0 aromatic carbocycles. The van der Waals surface area contributed by atoms with Gasteiger partial charge in [0.05, 0.1) is 5.56 Å². The van der Waals surface area contributed by atoms with Crippen LogP contribution in [0.4, 0.5) is 0 Å². The van der Waals surface area contributed by atoms with Crippen LogP contribution in [0.15, 0.2) is 15.6 Å². The summed E-state index contributed by atoms with van der Waals surface area (Å²) in [6.45, 7) is 4.43. The van der Waals surface area contributed by atoms with E-state index in [9.17, 15) is 4.79 Å². The molecule has 0 aliphatic heterocycles. The number of nitrogens with one attached hydrogen (secondary N) is 1. The van der Waals surface area contributed by atoms with Crippen molar-refractivity contribution < 1.29 is 9.21 Å². The van der Waals surface area contributed by atoms with E-state index in [0.717, 1.165) is 5.76 Å². The number of hydrogen-bond acceptors (Lipinski definition) is 3. The predicted molar refractivity (Wildman–Crippen MR) is 59.1 cm³/mol. The molecular weight excluding hydrogens is 208 g/mol. The number of carbonyl (C=O) groups is 1. The van der Waals surface area contributed by atoms with Crippen molar-refractivity contribution in [2.45, 2.75) is 20.3 Å². The van der Waals surface area contributed by atoms with Gasteiger partial charge >= 0.3 is 0 Å². The lowest BCUT2D eigenvalue weighted by Gasteiger charge is -2.01. The van der Waals surface area contributed by atoms with Gasteiger partial charge in [-0.15, -0.1) is 0 Å². The van der Waals surface area contributed by atoms with Crippen molar-refractivity contribution in [2.24, 2.45) is 5.11 Å². The van der Waals surface area contributed by atoms with Crippen LogP contribution in [-0.2, 0) is 0 Å². The molecule has 6 heteroatoms. The van der Waals surface area contributed by atoms with Crippen molar-refractivity contribution in [1.29, 1.82) is 0 Å². The first-order chi connectivity index (χ1) is 7.65. The zero-order valence-electron chi connectivity index (χ0n) is 9.36. The highest BCUT2D eigenvalue weighted by atomic mass is 16.3. The van der Waals surface area contributed by atoms with Gasteiger partial charge in [0.15, 0.2) is 0 Å². The minimum atomic E-state index is -0.157. The largest absolute Gasteiger partial charge is 0.466 e. The number of amides is 1. The lowest BCUT2D eigenvalue weighted by molar-refractivity contribution is 0.0952. The Labute approximate surface area is 93.3 Å². The molecule has 0 fully saturated rings. The van der Waals surface area contributed by atoms with Gasteiger partial charge in [0, 0.05) is 18.0 Å². The van der Waals surface area contributed by atoms with E-state index in [1.54, 1.807) is 19.9 Å². The van der Waals surface area contributed by atoms with Crippen molar-refractivity contribution in [3.63, 3.8) is 0 Å². The van der Waals surface area contributed by atoms with E-state index in [2.05, 4.69) is 15.3 Å². The van der Waals surface area contributed by atoms with Gasteiger partial charge < -0.3 is 9.73 Å². The average molecular weight is 222 g/mol. The fourth-order valence-electron chi connectivity index (χ4n) is 1.35. The van der Waals surface area contributed by atoms with Gasteiger partial charge in [-0.2, -0.15) is 0 Å². The van der Waals surface area contributed by atoms with Crippen LogP contribution in [-0.4, -0.2) is 19.0 Å². The van der Waals surface area contributed by atoms with Crippen molar-refractivity contribution in [3.8, 4) is 0 Å². The Hall–Kier alpha value is -1.94. The first-order valence-electron chi connectivity index (χ1n) is 5.01. The van der Waals surface area contributed by atoms with E-state index >= 15 is 0 Å². The van der Waals surface area contributed by atoms with E-state index in [1.165, 1.54) is 0 Å². The summed E-state index contributed by atoms with van der Waals surface area (Å²) in [6, 6.07) is 1.71. The number of aryl methyl sites for hydroxylation is 2. The summed E-state index contributed by atoms with van der Waals surface area (Å²) >= 11 is 0. The third kappa shape index (κ3) is 3.33. The van der Waals surface area contributed by atoms with E-state index in [-0.39, 0.29) is 5.91 Å². The second-order valence-electron chi connectivity index (χ2n) is 3.39. The Morgan fingerprint density at radius 2 is 2.38 bits per heavy atom. The van der Waals surface area contributed by atoms with Gasteiger partial charge in [0.25, 0.3) is 5.91 Å². The normalized spacial score (nSPS) is 9.62. The van der Waals surface area contributed by atoms with Crippen LogP contribution in [0.1, 0.15) is 28.3 Å². The van der Waals surface area contributed by atoms with Gasteiger partial charge in [0.2, 0.25) is 0 Å². The molecule has 0 unspecified atom stereocenters. The highest BCUT2D eigenvalue weighted by Gasteiger charge is 2.12. The summed E-state index contributed by atoms with van der Waals surface area (Å²) in [7, 11) is 0. The number of hydrogen-bond donors (Lipinski definition) is 1. The number of azide groups is 1. The Morgan fingerprint density at radius 1 is 1.62 bits per heavy atom. The van der Waals surface area contributed by atoms with Crippen LogP contribution >= 0.6 is 0 Å². The summed E-state index contributed by atoms with van der Waals surface area (Å²) in [4.78, 5) is 14.3. The Bertz CT molecular complexity index is 418. The SMILES string of the molecule is Cc1cc(C(=O)NCCCN=[N+]=[N-])c(C)o1. The summed E-state index contributed by atoms with van der Waals surface area (Å²) in [5, 5.41) is 6.10. The highest BCUT2D eigenvalue weighted by Crippen LogP contribution is 2.13. The molecule has 0 atom stereocenters. The molecule has 86 valence electrons. The van der Waals surface area contributed by atoms with Crippen LogP contribution in [0.25, 0.3) is 10.4 Å². The van der Waals surface area contributed by atoms with E-state index in [0.29, 0.717) is 30.8 Å². The zero-order valence-corrected chi connectivity index (χ0v) is 9.36. The molecule has 1 heterocycles. The van der Waals surface area contributed by atoms with Gasteiger partial charge in [-0.05, 0) is 31.9 Å². The summed E-state index contributed by atoms with van der Waals surface area (Å²) in [6.07, 6.45) is 0.631. The van der Waals surface area contributed by atoms with Crippen LogP contribution in [0, 0.1) is 13.8 Å². The predicted octanol–water partition coefficient (Wildman–Crippen LogP) is 2.33. The first kappa shape index (κ1) is 12.1. The molecule has 0 radical (unpaired) electrons. The number of furan rings is 1. The fourth-order valence-corrected chi connectivity index (χ4v) is 1.35. The second-order valence-corrected chi connectivity index (χ2v) is 3.39. The Kier molecular flexibility index (Phi) is 4.42. The lowest BCUT2D eigenvalue weighted by atomic mass is 10.2. The lowest BCUT2D eigenvalue weighted by Crippen LogP contribution is -2.25. The maximum atomic E-state index is 11.6. The molecule has 1 N–H and O–H groups in total. The molecule has 16 heavy (non-hydrogen) atoms. The monoisotopic (exact) mass is 222 g/mol. The fraction of sp³-hybridized carbons (Fsp3) is 0.500. The molecule has 0 aliphatic rings. The average Bonchev–Trinajstić information content (AvgIpc) is 2.57. The molecule has 0 saturated heterocycles. The van der Waals surface area contributed by atoms with Crippen molar-refractivity contribution >= 4 is 5.91 Å². The maximum Gasteiger partial charge on any atom is 0.254 e. The molecule has 0 aliphatic carbocycles. The molecular formula is C10H14N4O2. The van der Waals surface area contributed by atoms with Gasteiger partial charge in [-0.3, -0.25) is 4.79 Å². The maximum absolute atomic E-state index is 11.6. The highest BCUT2D eigenvalue weighted by molar-refractivity contribution is 5.95. The number of nitrogens with zero attached hydrogens (tertiary/aromatic N) is 3. The minimum absolute atomic E-state index is 0.157. The molecule has 0 spiro atoms. The van der Waals surface area contributed by atoms with Crippen molar-refractivity contribution in [1.82, 2.24) is 5.32 Å². The molecule has 1 amide bonds. The standard InChI is InChI=1S/C10H14N4O2/c1-7-6-9(8(2)16-7)10(15)12-4-3-5-13-14-11/h6H,3-5H2,1-2H3,(H,12,15). The van der Waals surface area contributed by atoms with E-state index in [4.69, 9.17) is 9.95 Å². The number of carbonyl (C=O) groups excluding carboxylic acids is 1. The quantitative estimate of drug-likeness (QED) is 0.358. The minimum Gasteiger partial charge on any atom is -0.466 e. The van der Waals surface area contributed by atoms with E-state index < -0.39 is 0 Å². The molecule has 6 nitrogen and oxygen atoms in total. The third-order valence-electron chi connectivity index (χ3n) is 2.07. The van der Waals surface area contributed by atoms with Crippen LogP contribution in [0.3, 0.4) is 0 Å². The summed E-state index contributed by atoms with van der Waals surface area (Å²) in [5.41, 5.74) is 8.61. The molecule has 1 rings (SSSR count). The first-order valence-corrected chi connectivity index (χ1v) is 5.01. The smallest absolute Gasteiger partial charge is 0.254 e. The Morgan fingerprint density at radius 3 is 2.94 bits per heavy atom. The molecule has 1 aromatic heterocycles. The number of rotatable bonds is 5. The molecule has 1 aromatic rings. The third-order valence-corrected chi connectivity index (χ3v) is 2.07. The van der Waals surface area contributed by atoms with Crippen LogP contribution in [0.2, 0.25) is 0 Å². The van der Waals surface area contributed by atoms with Gasteiger partial charge in [-0.25, -0.2) is 0 Å². The molecule has 0 bridgehead atoms. The van der Waals surface area contributed by atoms with Crippen LogP contribution < -0.4 is 5.32 Å². The van der Waals surface area contributed by atoms with Gasteiger partial charge in [0.1, 0.15) is 11.5 Å². The Balaban J connectivity index is 2.41. The topological polar surface area (TPSA) is 91.0 Å². The van der Waals surface area contributed by atoms with Crippen molar-refractivity contribution in [2.75, 3.05) is 13.1 Å². The van der Waals surface area contributed by atoms with Gasteiger partial charge in [-0.1, -0.05) is 5.11 Å². The zero-order chi connectivity index (χ0) is 12.0. The summed E-state index contributed by atoms with van der Waals surface area (Å²) in [5.74, 6) is 1.18.